The first-order valence-corrected chi connectivity index (χ1v) is 5.68. The maximum absolute atomic E-state index is 13.2. The molecule has 0 spiro atoms. The summed E-state index contributed by atoms with van der Waals surface area (Å²) in [5.41, 5.74) is 2.78. The number of benzene rings is 1. The molecule has 1 amide bonds. The van der Waals surface area contributed by atoms with Gasteiger partial charge in [-0.2, -0.15) is 0 Å². The summed E-state index contributed by atoms with van der Waals surface area (Å²) in [6.45, 7) is 0. The van der Waals surface area contributed by atoms with Crippen LogP contribution in [0, 0.1) is 5.82 Å². The van der Waals surface area contributed by atoms with Crippen LogP contribution in [0.1, 0.15) is 10.5 Å². The van der Waals surface area contributed by atoms with Gasteiger partial charge in [0, 0.05) is 5.69 Å². The fourth-order valence-corrected chi connectivity index (χ4v) is 1.53. The zero-order valence-corrected chi connectivity index (χ0v) is 10.4. The van der Waals surface area contributed by atoms with Crippen LogP contribution in [0.25, 0.3) is 0 Å². The van der Waals surface area contributed by atoms with E-state index in [4.69, 9.17) is 17.4 Å². The number of nitrogen functional groups attached to an aromatic ring is 1. The minimum atomic E-state index is -0.607. The predicted molar refractivity (Wildman–Crippen MR) is 71.4 cm³/mol. The van der Waals surface area contributed by atoms with Crippen molar-refractivity contribution in [3.05, 3.63) is 52.9 Å². The maximum atomic E-state index is 13.2. The smallest absolute Gasteiger partial charge is 0.274 e. The fourth-order valence-electron chi connectivity index (χ4n) is 1.41. The number of rotatable bonds is 3. The summed E-state index contributed by atoms with van der Waals surface area (Å²) >= 11 is 5.55. The monoisotopic (exact) mass is 280 g/mol. The van der Waals surface area contributed by atoms with E-state index in [1.165, 1.54) is 18.2 Å². The number of nitrogens with zero attached hydrogens (tertiary/aromatic N) is 1. The highest BCUT2D eigenvalue weighted by Gasteiger charge is 2.09. The van der Waals surface area contributed by atoms with Crippen LogP contribution in [0.4, 0.5) is 15.9 Å². The van der Waals surface area contributed by atoms with Gasteiger partial charge in [-0.15, -0.1) is 0 Å². The van der Waals surface area contributed by atoms with Gasteiger partial charge in [0.15, 0.2) is 0 Å². The quantitative estimate of drug-likeness (QED) is 0.596. The summed E-state index contributed by atoms with van der Waals surface area (Å²) in [6, 6.07) is 8.73. The average Bonchev–Trinajstić information content (AvgIpc) is 2.43. The number of hydrazine groups is 1. The van der Waals surface area contributed by atoms with Gasteiger partial charge in [-0.3, -0.25) is 4.79 Å². The molecule has 1 aromatic carbocycles. The zero-order valence-electron chi connectivity index (χ0n) is 9.65. The number of pyridine rings is 1. The van der Waals surface area contributed by atoms with E-state index in [1.807, 2.05) is 0 Å². The first-order valence-electron chi connectivity index (χ1n) is 5.30. The molecule has 0 aliphatic carbocycles. The number of nitrogens with one attached hydrogen (secondary N) is 2. The van der Waals surface area contributed by atoms with Gasteiger partial charge in [-0.05, 0) is 30.3 Å². The second kappa shape index (κ2) is 5.64. The summed E-state index contributed by atoms with van der Waals surface area (Å²) in [7, 11) is 0. The molecule has 1 aromatic heterocycles. The fraction of sp³-hybridized carbons (Fsp3) is 0. The topological polar surface area (TPSA) is 80.0 Å². The highest BCUT2D eigenvalue weighted by atomic mass is 35.5. The molecule has 2 aromatic rings. The van der Waals surface area contributed by atoms with E-state index < -0.39 is 11.7 Å². The van der Waals surface area contributed by atoms with Crippen molar-refractivity contribution in [2.75, 3.05) is 10.7 Å². The molecule has 0 saturated carbocycles. The molecule has 7 heteroatoms. The average molecular weight is 281 g/mol. The van der Waals surface area contributed by atoms with E-state index in [0.29, 0.717) is 11.5 Å². The van der Waals surface area contributed by atoms with Gasteiger partial charge in [-0.1, -0.05) is 17.7 Å². The minimum absolute atomic E-state index is 0.00884. The molecular formula is C12H10ClFN4O. The Hall–Kier alpha value is -2.18. The van der Waals surface area contributed by atoms with Crippen LogP contribution in [0.15, 0.2) is 36.4 Å². The zero-order chi connectivity index (χ0) is 13.8. The third kappa shape index (κ3) is 3.18. The lowest BCUT2D eigenvalue weighted by molar-refractivity contribution is 0.102. The van der Waals surface area contributed by atoms with Crippen LogP contribution < -0.4 is 16.6 Å². The number of hydrogen-bond acceptors (Lipinski definition) is 4. The first kappa shape index (κ1) is 13.3. The third-order valence-electron chi connectivity index (χ3n) is 2.31. The standard InChI is InChI=1S/C12H10ClFN4O/c13-8-5-4-7(6-9(8)14)16-12(19)10-2-1-3-11(17-10)18-15/h1-6H,15H2,(H,16,19)(H,17,18). The van der Waals surface area contributed by atoms with Crippen molar-refractivity contribution in [2.45, 2.75) is 0 Å². The van der Waals surface area contributed by atoms with Crippen molar-refractivity contribution in [2.24, 2.45) is 5.84 Å². The lowest BCUT2D eigenvalue weighted by atomic mass is 10.3. The van der Waals surface area contributed by atoms with Gasteiger partial charge in [0.2, 0.25) is 0 Å². The SMILES string of the molecule is NNc1cccc(C(=O)Nc2ccc(Cl)c(F)c2)n1. The normalized spacial score (nSPS) is 10.1. The van der Waals surface area contributed by atoms with Gasteiger partial charge < -0.3 is 10.7 Å². The maximum Gasteiger partial charge on any atom is 0.274 e. The number of carbonyl (C=O) groups excluding carboxylic acids is 1. The molecule has 4 N–H and O–H groups in total. The molecule has 1 heterocycles. The Labute approximate surface area is 113 Å². The Morgan fingerprint density at radius 1 is 1.32 bits per heavy atom. The van der Waals surface area contributed by atoms with Crippen molar-refractivity contribution >= 4 is 29.0 Å². The Morgan fingerprint density at radius 2 is 2.11 bits per heavy atom. The van der Waals surface area contributed by atoms with Crippen LogP contribution in [-0.2, 0) is 0 Å². The largest absolute Gasteiger partial charge is 0.321 e. The van der Waals surface area contributed by atoms with E-state index in [9.17, 15) is 9.18 Å². The van der Waals surface area contributed by atoms with Crippen molar-refractivity contribution in [1.29, 1.82) is 0 Å². The molecule has 0 radical (unpaired) electrons. The number of nitrogens with two attached hydrogens (primary N) is 1. The first-order chi connectivity index (χ1) is 9.10. The second-order valence-electron chi connectivity index (χ2n) is 3.64. The molecule has 0 bridgehead atoms. The molecule has 0 aliphatic rings. The summed E-state index contributed by atoms with van der Waals surface area (Å²) < 4.78 is 13.2. The van der Waals surface area contributed by atoms with Crippen molar-refractivity contribution in [3.63, 3.8) is 0 Å². The molecule has 98 valence electrons. The van der Waals surface area contributed by atoms with Crippen LogP contribution in [0.3, 0.4) is 0 Å². The van der Waals surface area contributed by atoms with Crippen molar-refractivity contribution in [3.8, 4) is 0 Å². The molecule has 0 unspecified atom stereocenters. The third-order valence-corrected chi connectivity index (χ3v) is 2.61. The van der Waals surface area contributed by atoms with Crippen LogP contribution in [-0.4, -0.2) is 10.9 Å². The van der Waals surface area contributed by atoms with Gasteiger partial charge in [0.1, 0.15) is 17.3 Å². The minimum Gasteiger partial charge on any atom is -0.321 e. The molecule has 0 fully saturated rings. The highest BCUT2D eigenvalue weighted by molar-refractivity contribution is 6.30. The Kier molecular flexibility index (Phi) is 3.94. The van der Waals surface area contributed by atoms with E-state index in [2.05, 4.69) is 15.7 Å². The number of carbonyl (C=O) groups is 1. The van der Waals surface area contributed by atoms with E-state index >= 15 is 0 Å². The molecule has 2 rings (SSSR count). The molecule has 0 aliphatic heterocycles. The molecule has 5 nitrogen and oxygen atoms in total. The molecule has 0 atom stereocenters. The number of anilines is 2. The van der Waals surface area contributed by atoms with Crippen LogP contribution in [0.2, 0.25) is 5.02 Å². The molecular weight excluding hydrogens is 271 g/mol. The van der Waals surface area contributed by atoms with E-state index in [1.54, 1.807) is 12.1 Å². The Morgan fingerprint density at radius 3 is 2.79 bits per heavy atom. The summed E-state index contributed by atoms with van der Waals surface area (Å²) in [4.78, 5) is 15.8. The predicted octanol–water partition coefficient (Wildman–Crippen LogP) is 2.41. The number of aromatic nitrogens is 1. The van der Waals surface area contributed by atoms with Gasteiger partial charge in [-0.25, -0.2) is 15.2 Å². The highest BCUT2D eigenvalue weighted by Crippen LogP contribution is 2.19. The molecule has 0 saturated heterocycles. The van der Waals surface area contributed by atoms with Gasteiger partial charge >= 0.3 is 0 Å². The van der Waals surface area contributed by atoms with E-state index in [0.717, 1.165) is 6.07 Å². The summed E-state index contributed by atoms with van der Waals surface area (Å²) in [5, 5.41) is 2.50. The number of halogens is 2. The van der Waals surface area contributed by atoms with Crippen molar-refractivity contribution in [1.82, 2.24) is 4.98 Å². The van der Waals surface area contributed by atoms with Crippen molar-refractivity contribution < 1.29 is 9.18 Å². The number of amides is 1. The Bertz CT molecular complexity index is 620. The molecule has 19 heavy (non-hydrogen) atoms. The van der Waals surface area contributed by atoms with Gasteiger partial charge in [0.05, 0.1) is 5.02 Å². The lowest BCUT2D eigenvalue weighted by Gasteiger charge is -2.06. The van der Waals surface area contributed by atoms with Gasteiger partial charge in [0.25, 0.3) is 5.91 Å². The Balaban J connectivity index is 2.18. The lowest BCUT2D eigenvalue weighted by Crippen LogP contribution is -2.16. The van der Waals surface area contributed by atoms with Crippen LogP contribution in [0.5, 0.6) is 0 Å². The van der Waals surface area contributed by atoms with E-state index in [-0.39, 0.29) is 10.7 Å². The summed E-state index contributed by atoms with van der Waals surface area (Å²) in [5.74, 6) is 4.48. The second-order valence-corrected chi connectivity index (χ2v) is 4.04. The summed E-state index contributed by atoms with van der Waals surface area (Å²) in [6.07, 6.45) is 0. The van der Waals surface area contributed by atoms with Crippen LogP contribution >= 0.6 is 11.6 Å². The number of hydrogen-bond donors (Lipinski definition) is 3.